The maximum atomic E-state index is 14.3. The number of thiophene rings is 2. The van der Waals surface area contributed by atoms with Crippen LogP contribution in [0.25, 0.3) is 33.0 Å². The van der Waals surface area contributed by atoms with Gasteiger partial charge in [-0.3, -0.25) is 19.2 Å². The van der Waals surface area contributed by atoms with E-state index in [4.69, 9.17) is 0 Å². The van der Waals surface area contributed by atoms with E-state index in [0.717, 1.165) is 130 Å². The smallest absolute Gasteiger partial charge is 0.197 e. The molecule has 0 amide bonds. The van der Waals surface area contributed by atoms with E-state index in [2.05, 4.69) is 79.7 Å². The third-order valence-corrected chi connectivity index (χ3v) is 17.3. The molecule has 67 heavy (non-hydrogen) atoms. The highest BCUT2D eigenvalue weighted by Crippen LogP contribution is 2.60. The molecule has 350 valence electrons. The number of allylic oxidation sites excluding steroid dienone is 2. The fourth-order valence-electron chi connectivity index (χ4n) is 10.2. The van der Waals surface area contributed by atoms with Crippen LogP contribution in [-0.2, 0) is 18.3 Å². The first kappa shape index (κ1) is 48.4. The maximum absolute atomic E-state index is 14.3. The molecular formula is C57H58F4O4S2. The topological polar surface area (TPSA) is 68.3 Å². The number of carbonyl (C=O) groups excluding carboxylic acids is 4. The summed E-state index contributed by atoms with van der Waals surface area (Å²) in [6.07, 6.45) is 12.4. The first-order valence-electron chi connectivity index (χ1n) is 24.0. The molecule has 5 aromatic rings. The molecule has 4 atom stereocenters. The zero-order valence-corrected chi connectivity index (χ0v) is 41.2. The van der Waals surface area contributed by atoms with E-state index < -0.39 is 51.8 Å². The Morgan fingerprint density at radius 1 is 0.463 bits per heavy atom. The maximum Gasteiger partial charge on any atom is 0.197 e. The molecule has 0 bridgehead atoms. The van der Waals surface area contributed by atoms with Crippen LogP contribution in [0.15, 0.2) is 59.7 Å². The molecule has 3 aliphatic carbocycles. The second-order valence-electron chi connectivity index (χ2n) is 19.6. The van der Waals surface area contributed by atoms with Gasteiger partial charge in [0.2, 0.25) is 0 Å². The van der Waals surface area contributed by atoms with Gasteiger partial charge in [-0.2, -0.15) is 0 Å². The zero-order chi connectivity index (χ0) is 48.2. The van der Waals surface area contributed by atoms with Crippen molar-refractivity contribution in [1.82, 2.24) is 0 Å². The molecule has 0 N–H and O–H groups in total. The van der Waals surface area contributed by atoms with Gasteiger partial charge in [-0.1, -0.05) is 81.1 Å². The molecule has 2 heterocycles. The van der Waals surface area contributed by atoms with Crippen molar-refractivity contribution in [2.45, 2.75) is 125 Å². The van der Waals surface area contributed by atoms with E-state index in [1.54, 1.807) is 34.8 Å². The number of halogens is 4. The molecular weight excluding hydrogens is 889 g/mol. The first-order valence-corrected chi connectivity index (χ1v) is 25.6. The minimum atomic E-state index is -1.17. The Hall–Kier alpha value is -5.06. The van der Waals surface area contributed by atoms with Gasteiger partial charge in [-0.25, -0.2) is 17.6 Å². The van der Waals surface area contributed by atoms with Gasteiger partial charge in [0.15, 0.2) is 46.4 Å². The summed E-state index contributed by atoms with van der Waals surface area (Å²) in [5.74, 6) is -5.53. The molecule has 4 nitrogen and oxygen atoms in total. The monoisotopic (exact) mass is 946 g/mol. The quantitative estimate of drug-likeness (QED) is 0.0529. The SMILES string of the molecule is CCC(C)CCc1cc2c(cc1-c1sc(C=C3C(=O)c4cc(F)c(F)cc4C3=O)cc1CCC(C)CC)C(CC(C)CC)(CC(C)CC)c1cc(C=C3C(=O)c4cc(F)c(F)cc4C3=O)sc1-2. The van der Waals surface area contributed by atoms with Gasteiger partial charge >= 0.3 is 0 Å². The lowest BCUT2D eigenvalue weighted by Gasteiger charge is -2.37. The summed E-state index contributed by atoms with van der Waals surface area (Å²) < 4.78 is 57.2. The number of aryl methyl sites for hydroxylation is 2. The van der Waals surface area contributed by atoms with Gasteiger partial charge in [0.25, 0.3) is 0 Å². The van der Waals surface area contributed by atoms with E-state index in [1.165, 1.54) is 11.1 Å². The summed E-state index contributed by atoms with van der Waals surface area (Å²) in [5, 5.41) is 0. The zero-order valence-electron chi connectivity index (χ0n) is 39.6. The Morgan fingerprint density at radius 2 is 0.866 bits per heavy atom. The van der Waals surface area contributed by atoms with Crippen molar-refractivity contribution in [3.8, 4) is 20.9 Å². The van der Waals surface area contributed by atoms with Crippen molar-refractivity contribution in [3.05, 3.63) is 137 Å². The van der Waals surface area contributed by atoms with Crippen LogP contribution in [0.4, 0.5) is 17.6 Å². The molecule has 8 rings (SSSR count). The van der Waals surface area contributed by atoms with E-state index >= 15 is 0 Å². The van der Waals surface area contributed by atoms with Crippen molar-refractivity contribution < 1.29 is 36.7 Å². The Balaban J connectivity index is 1.33. The van der Waals surface area contributed by atoms with Crippen LogP contribution in [0.5, 0.6) is 0 Å². The van der Waals surface area contributed by atoms with Gasteiger partial charge in [0.1, 0.15) is 0 Å². The highest BCUT2D eigenvalue weighted by molar-refractivity contribution is 7.17. The minimum Gasteiger partial charge on any atom is -0.288 e. The predicted octanol–water partition coefficient (Wildman–Crippen LogP) is 16.1. The van der Waals surface area contributed by atoms with Crippen LogP contribution in [0.1, 0.15) is 180 Å². The summed E-state index contributed by atoms with van der Waals surface area (Å²) in [6.45, 7) is 17.9. The number of ketones is 4. The van der Waals surface area contributed by atoms with Crippen LogP contribution in [0.3, 0.4) is 0 Å². The van der Waals surface area contributed by atoms with Crippen LogP contribution >= 0.6 is 22.7 Å². The molecule has 0 fully saturated rings. The Morgan fingerprint density at radius 3 is 1.30 bits per heavy atom. The summed E-state index contributed by atoms with van der Waals surface area (Å²) in [7, 11) is 0. The number of rotatable bonds is 17. The van der Waals surface area contributed by atoms with Gasteiger partial charge in [-0.15, -0.1) is 22.7 Å². The lowest BCUT2D eigenvalue weighted by atomic mass is 9.66. The molecule has 0 radical (unpaired) electrons. The predicted molar refractivity (Wildman–Crippen MR) is 264 cm³/mol. The summed E-state index contributed by atoms with van der Waals surface area (Å²) in [4.78, 5) is 58.1. The van der Waals surface area contributed by atoms with Crippen molar-refractivity contribution in [1.29, 1.82) is 0 Å². The van der Waals surface area contributed by atoms with Crippen LogP contribution in [0, 0.1) is 46.9 Å². The normalized spacial score (nSPS) is 18.0. The molecule has 3 aliphatic rings. The fourth-order valence-corrected chi connectivity index (χ4v) is 12.6. The molecule has 0 saturated carbocycles. The van der Waals surface area contributed by atoms with E-state index in [-0.39, 0.29) is 33.4 Å². The minimum absolute atomic E-state index is 0.100. The third-order valence-electron chi connectivity index (χ3n) is 15.0. The number of Topliss-reactive ketones (excluding diaryl/α,β-unsaturated/α-hetero) is 4. The molecule has 3 aromatic carbocycles. The highest BCUT2D eigenvalue weighted by Gasteiger charge is 2.47. The van der Waals surface area contributed by atoms with Crippen molar-refractivity contribution in [3.63, 3.8) is 0 Å². The highest BCUT2D eigenvalue weighted by atomic mass is 32.1. The Bertz CT molecular complexity index is 2810. The van der Waals surface area contributed by atoms with Crippen molar-refractivity contribution in [2.75, 3.05) is 0 Å². The second kappa shape index (κ2) is 19.1. The molecule has 0 spiro atoms. The number of carbonyl (C=O) groups is 4. The summed E-state index contributed by atoms with van der Waals surface area (Å²) >= 11 is 3.08. The van der Waals surface area contributed by atoms with Gasteiger partial charge in [0.05, 0.1) is 11.1 Å². The molecule has 0 aliphatic heterocycles. The lowest BCUT2D eigenvalue weighted by Crippen LogP contribution is -2.30. The number of fused-ring (bicyclic) bond motifs is 5. The standard InChI is InChI=1S/C57H58F4O4S2/c1-9-29(5)13-15-33-18-42-45(22-37(33)55-34(16-14-30(6)10-2)17-35(66-55)19-43-51(62)38-23-47(58)48(59)24-39(38)52(43)63)57(27-31(7)11-3,28-32(8)12-4)46-21-36(67-56(42)46)20-44-53(64)40-25-49(60)50(61)26-41(40)54(44)65/h17-26,29-32H,9-16,27-28H2,1-8H3. The van der Waals surface area contributed by atoms with E-state index in [1.807, 2.05) is 0 Å². The largest absolute Gasteiger partial charge is 0.288 e. The number of hydrogen-bond acceptors (Lipinski definition) is 6. The number of benzene rings is 3. The average Bonchev–Trinajstić information content (AvgIpc) is 4.08. The van der Waals surface area contributed by atoms with Gasteiger partial charge in [0, 0.05) is 47.2 Å². The number of hydrogen-bond donors (Lipinski definition) is 0. The Kier molecular flexibility index (Phi) is 13.8. The van der Waals surface area contributed by atoms with E-state index in [0.29, 0.717) is 23.7 Å². The summed E-state index contributed by atoms with van der Waals surface area (Å²) in [6, 6.07) is 12.3. The van der Waals surface area contributed by atoms with Crippen molar-refractivity contribution in [2.24, 2.45) is 23.7 Å². The van der Waals surface area contributed by atoms with Gasteiger partial charge < -0.3 is 0 Å². The van der Waals surface area contributed by atoms with Crippen molar-refractivity contribution >= 4 is 58.0 Å². The second-order valence-corrected chi connectivity index (χ2v) is 21.8. The molecule has 2 aromatic heterocycles. The molecule has 0 saturated heterocycles. The third kappa shape index (κ3) is 8.82. The van der Waals surface area contributed by atoms with Crippen LogP contribution in [-0.4, -0.2) is 23.1 Å². The van der Waals surface area contributed by atoms with Crippen LogP contribution < -0.4 is 0 Å². The van der Waals surface area contributed by atoms with Crippen LogP contribution in [0.2, 0.25) is 0 Å². The summed E-state index contributed by atoms with van der Waals surface area (Å²) in [5.41, 5.74) is 5.83. The lowest BCUT2D eigenvalue weighted by molar-refractivity contribution is 0.0975. The molecule has 4 unspecified atom stereocenters. The van der Waals surface area contributed by atoms with E-state index in [9.17, 15) is 36.7 Å². The van der Waals surface area contributed by atoms with Gasteiger partial charge in [-0.05, 0) is 156 Å². The fraction of sp³-hybridized carbons (Fsp3) is 0.404. The molecule has 10 heteroatoms. The first-order chi connectivity index (χ1) is 31.9. The Labute approximate surface area is 399 Å². The average molecular weight is 947 g/mol.